The highest BCUT2D eigenvalue weighted by Crippen LogP contribution is 2.27. The van der Waals surface area contributed by atoms with Gasteiger partial charge in [-0.3, -0.25) is 9.78 Å². The fourth-order valence-corrected chi connectivity index (χ4v) is 4.42. The van der Waals surface area contributed by atoms with Crippen molar-refractivity contribution in [2.45, 2.75) is 17.7 Å². The molecule has 1 amide bonds. The molecule has 1 fully saturated rings. The van der Waals surface area contributed by atoms with Crippen LogP contribution in [-0.2, 0) is 14.8 Å². The maximum absolute atomic E-state index is 12.6. The minimum Gasteiger partial charge on any atom is -0.495 e. The number of pyridine rings is 1. The smallest absolute Gasteiger partial charge is 0.244 e. The third-order valence-corrected chi connectivity index (χ3v) is 6.34. The molecule has 138 valence electrons. The minimum absolute atomic E-state index is 0.118. The van der Waals surface area contributed by atoms with Crippen molar-refractivity contribution < 1.29 is 17.9 Å². The number of benzene rings is 1. The Hall–Kier alpha value is -2.45. The molecule has 2 heterocycles. The standard InChI is InChI=1S/C18H21N3O4S/c1-25-17-7-3-2-6-16(17)20-18(22)14-8-11-21(12-9-14)26(23,24)15-5-4-10-19-13-15/h2-7,10,13-14H,8-9,11-12H2,1H3,(H,20,22). The molecule has 1 aromatic carbocycles. The Morgan fingerprint density at radius 2 is 1.92 bits per heavy atom. The van der Waals surface area contributed by atoms with E-state index in [4.69, 9.17) is 4.74 Å². The van der Waals surface area contributed by atoms with Crippen LogP contribution in [0.2, 0.25) is 0 Å². The molecule has 7 nitrogen and oxygen atoms in total. The number of methoxy groups -OCH3 is 1. The van der Waals surface area contributed by atoms with Crippen LogP contribution in [0, 0.1) is 5.92 Å². The number of hydrogen-bond donors (Lipinski definition) is 1. The van der Waals surface area contributed by atoms with E-state index in [2.05, 4.69) is 10.3 Å². The van der Waals surface area contributed by atoms with Crippen molar-refractivity contribution in [1.29, 1.82) is 0 Å². The Morgan fingerprint density at radius 3 is 2.58 bits per heavy atom. The molecule has 3 rings (SSSR count). The molecule has 0 bridgehead atoms. The van der Waals surface area contributed by atoms with Gasteiger partial charge in [0, 0.05) is 31.4 Å². The first-order chi connectivity index (χ1) is 12.5. The number of aromatic nitrogens is 1. The van der Waals surface area contributed by atoms with E-state index in [-0.39, 0.29) is 16.7 Å². The first-order valence-electron chi connectivity index (χ1n) is 8.36. The van der Waals surface area contributed by atoms with Gasteiger partial charge in [-0.2, -0.15) is 4.31 Å². The maximum Gasteiger partial charge on any atom is 0.244 e. The summed E-state index contributed by atoms with van der Waals surface area (Å²) in [6.45, 7) is 0.614. The van der Waals surface area contributed by atoms with Gasteiger partial charge in [-0.05, 0) is 37.1 Å². The van der Waals surface area contributed by atoms with E-state index in [1.54, 1.807) is 25.3 Å². The van der Waals surface area contributed by atoms with Crippen LogP contribution in [-0.4, -0.2) is 43.8 Å². The number of ether oxygens (including phenoxy) is 1. The molecule has 0 aliphatic carbocycles. The number of nitrogens with zero attached hydrogens (tertiary/aromatic N) is 2. The maximum atomic E-state index is 12.6. The number of carbonyl (C=O) groups is 1. The van der Waals surface area contributed by atoms with Crippen LogP contribution in [0.15, 0.2) is 53.7 Å². The van der Waals surface area contributed by atoms with Crippen LogP contribution >= 0.6 is 0 Å². The number of para-hydroxylation sites is 2. The summed E-state index contributed by atoms with van der Waals surface area (Å²) in [6, 6.07) is 10.3. The number of amides is 1. The van der Waals surface area contributed by atoms with Crippen LogP contribution in [0.1, 0.15) is 12.8 Å². The van der Waals surface area contributed by atoms with E-state index in [0.29, 0.717) is 37.4 Å². The molecule has 0 unspecified atom stereocenters. The van der Waals surface area contributed by atoms with Gasteiger partial charge in [0.1, 0.15) is 10.6 Å². The summed E-state index contributed by atoms with van der Waals surface area (Å²) in [5.41, 5.74) is 0.616. The van der Waals surface area contributed by atoms with Crippen molar-refractivity contribution in [2.24, 2.45) is 5.92 Å². The van der Waals surface area contributed by atoms with E-state index in [1.165, 1.54) is 22.8 Å². The lowest BCUT2D eigenvalue weighted by molar-refractivity contribution is -0.120. The number of hydrogen-bond acceptors (Lipinski definition) is 5. The fraction of sp³-hybridized carbons (Fsp3) is 0.333. The SMILES string of the molecule is COc1ccccc1NC(=O)C1CCN(S(=O)(=O)c2cccnc2)CC1. The summed E-state index contributed by atoms with van der Waals surface area (Å²) in [7, 11) is -2.01. The fourth-order valence-electron chi connectivity index (χ4n) is 2.99. The van der Waals surface area contributed by atoms with Gasteiger partial charge in [-0.1, -0.05) is 12.1 Å². The highest BCUT2D eigenvalue weighted by Gasteiger charge is 2.32. The number of anilines is 1. The summed E-state index contributed by atoms with van der Waals surface area (Å²) in [5.74, 6) is 0.241. The van der Waals surface area contributed by atoms with Gasteiger partial charge in [0.15, 0.2) is 0 Å². The van der Waals surface area contributed by atoms with Gasteiger partial charge >= 0.3 is 0 Å². The summed E-state index contributed by atoms with van der Waals surface area (Å²) in [6.07, 6.45) is 3.82. The number of sulfonamides is 1. The zero-order chi connectivity index (χ0) is 18.6. The largest absolute Gasteiger partial charge is 0.495 e. The van der Waals surface area contributed by atoms with E-state index >= 15 is 0 Å². The molecule has 1 saturated heterocycles. The van der Waals surface area contributed by atoms with Crippen molar-refractivity contribution >= 4 is 21.6 Å². The Bertz CT molecular complexity index is 863. The van der Waals surface area contributed by atoms with Gasteiger partial charge in [0.25, 0.3) is 0 Å². The molecule has 1 aliphatic heterocycles. The van der Waals surface area contributed by atoms with Gasteiger partial charge in [-0.15, -0.1) is 0 Å². The number of nitrogens with one attached hydrogen (secondary N) is 1. The highest BCUT2D eigenvalue weighted by atomic mass is 32.2. The van der Waals surface area contributed by atoms with Crippen LogP contribution in [0.25, 0.3) is 0 Å². The van der Waals surface area contributed by atoms with Crippen molar-refractivity contribution in [3.05, 3.63) is 48.8 Å². The summed E-state index contributed by atoms with van der Waals surface area (Å²) >= 11 is 0. The second-order valence-electron chi connectivity index (χ2n) is 6.06. The van der Waals surface area contributed by atoms with Crippen LogP contribution in [0.3, 0.4) is 0 Å². The summed E-state index contributed by atoms with van der Waals surface area (Å²) in [5, 5.41) is 2.87. The molecule has 1 aromatic heterocycles. The molecule has 2 aromatic rings. The first kappa shape index (κ1) is 18.3. The van der Waals surface area contributed by atoms with Crippen molar-refractivity contribution in [1.82, 2.24) is 9.29 Å². The van der Waals surface area contributed by atoms with E-state index in [1.807, 2.05) is 12.1 Å². The second-order valence-corrected chi connectivity index (χ2v) is 7.99. The van der Waals surface area contributed by atoms with Crippen LogP contribution in [0.5, 0.6) is 5.75 Å². The molecule has 8 heteroatoms. The monoisotopic (exact) mass is 375 g/mol. The molecule has 1 N–H and O–H groups in total. The predicted octanol–water partition coefficient (Wildman–Crippen LogP) is 2.13. The predicted molar refractivity (Wildman–Crippen MR) is 97.3 cm³/mol. The lowest BCUT2D eigenvalue weighted by Crippen LogP contribution is -2.41. The Labute approximate surface area is 153 Å². The Morgan fingerprint density at radius 1 is 1.19 bits per heavy atom. The van der Waals surface area contributed by atoms with Crippen molar-refractivity contribution in [3.63, 3.8) is 0 Å². The lowest BCUT2D eigenvalue weighted by atomic mass is 9.97. The minimum atomic E-state index is -3.56. The highest BCUT2D eigenvalue weighted by molar-refractivity contribution is 7.89. The number of piperidine rings is 1. The van der Waals surface area contributed by atoms with E-state index in [9.17, 15) is 13.2 Å². The Kier molecular flexibility index (Phi) is 5.53. The quantitative estimate of drug-likeness (QED) is 0.865. The number of rotatable bonds is 5. The molecule has 0 saturated carbocycles. The molecule has 1 aliphatic rings. The molecule has 0 atom stereocenters. The molecule has 0 spiro atoms. The van der Waals surface area contributed by atoms with Gasteiger partial charge in [0.05, 0.1) is 12.8 Å². The summed E-state index contributed by atoms with van der Waals surface area (Å²) < 4.78 is 31.9. The van der Waals surface area contributed by atoms with Gasteiger partial charge in [0.2, 0.25) is 15.9 Å². The zero-order valence-corrected chi connectivity index (χ0v) is 15.3. The summed E-state index contributed by atoms with van der Waals surface area (Å²) in [4.78, 5) is 16.6. The van der Waals surface area contributed by atoms with E-state index in [0.717, 1.165) is 0 Å². The topological polar surface area (TPSA) is 88.6 Å². The second kappa shape index (κ2) is 7.84. The normalized spacial score (nSPS) is 16.2. The molecule has 0 radical (unpaired) electrons. The van der Waals surface area contributed by atoms with Gasteiger partial charge in [-0.25, -0.2) is 8.42 Å². The average Bonchev–Trinajstić information content (AvgIpc) is 2.69. The Balaban J connectivity index is 1.62. The first-order valence-corrected chi connectivity index (χ1v) is 9.80. The van der Waals surface area contributed by atoms with E-state index < -0.39 is 10.0 Å². The van der Waals surface area contributed by atoms with Crippen LogP contribution in [0.4, 0.5) is 5.69 Å². The molecular formula is C18H21N3O4S. The van der Waals surface area contributed by atoms with Crippen molar-refractivity contribution in [2.75, 3.05) is 25.5 Å². The third-order valence-electron chi connectivity index (χ3n) is 4.46. The van der Waals surface area contributed by atoms with Crippen LogP contribution < -0.4 is 10.1 Å². The lowest BCUT2D eigenvalue weighted by Gasteiger charge is -2.30. The third kappa shape index (κ3) is 3.86. The van der Waals surface area contributed by atoms with Gasteiger partial charge < -0.3 is 10.1 Å². The molecule has 26 heavy (non-hydrogen) atoms. The zero-order valence-electron chi connectivity index (χ0n) is 14.5. The number of carbonyl (C=O) groups excluding carboxylic acids is 1. The van der Waals surface area contributed by atoms with Crippen molar-refractivity contribution in [3.8, 4) is 5.75 Å². The molecular weight excluding hydrogens is 354 g/mol. The average molecular weight is 375 g/mol.